The molecule has 0 spiro atoms. The number of fused-ring (bicyclic) bond motifs is 1. The van der Waals surface area contributed by atoms with E-state index in [9.17, 15) is 4.79 Å². The van der Waals surface area contributed by atoms with Crippen molar-refractivity contribution >= 4 is 68.1 Å². The number of carbonyl (C=O) groups is 1. The number of hydrogen-bond donors (Lipinski definition) is 3. The van der Waals surface area contributed by atoms with Gasteiger partial charge in [-0.05, 0) is 29.8 Å². The van der Waals surface area contributed by atoms with E-state index >= 15 is 0 Å². The molecule has 0 radical (unpaired) electrons. The standard InChI is InChI=1S/C18H15ClN8OS2/c19-12-5-3-4-11(8-12)9-21-24-16-25-26-18(27(16)20)29-10-15(28)23-17-22-13-6-1-2-7-14(13)30-17/h1-9H,10,20H2,(H,24,25)(H,22,23,28)/b21-9+. The van der Waals surface area contributed by atoms with Crippen molar-refractivity contribution in [3.05, 3.63) is 59.1 Å². The van der Waals surface area contributed by atoms with Crippen LogP contribution in [0.2, 0.25) is 5.02 Å². The maximum Gasteiger partial charge on any atom is 0.264 e. The van der Waals surface area contributed by atoms with Crippen molar-refractivity contribution in [1.29, 1.82) is 0 Å². The molecule has 0 aliphatic carbocycles. The number of aromatic nitrogens is 4. The molecule has 0 saturated heterocycles. The summed E-state index contributed by atoms with van der Waals surface area (Å²) in [7, 11) is 0. The first-order valence-corrected chi connectivity index (χ1v) is 10.8. The lowest BCUT2D eigenvalue weighted by Crippen LogP contribution is -2.16. The SMILES string of the molecule is Nn1c(N/N=C/c2cccc(Cl)c2)nnc1SCC(=O)Nc1nc2ccccc2s1. The van der Waals surface area contributed by atoms with Gasteiger partial charge in [-0.25, -0.2) is 15.1 Å². The Labute approximate surface area is 184 Å². The van der Waals surface area contributed by atoms with Gasteiger partial charge in [-0.2, -0.15) is 5.10 Å². The Kier molecular flexibility index (Phi) is 6.12. The van der Waals surface area contributed by atoms with Crippen LogP contribution in [0.25, 0.3) is 10.2 Å². The molecule has 1 amide bonds. The monoisotopic (exact) mass is 458 g/mol. The second kappa shape index (κ2) is 9.11. The highest BCUT2D eigenvalue weighted by Gasteiger charge is 2.13. The molecule has 2 heterocycles. The molecule has 2 aromatic heterocycles. The highest BCUT2D eigenvalue weighted by molar-refractivity contribution is 7.99. The number of halogens is 1. The highest BCUT2D eigenvalue weighted by atomic mass is 35.5. The van der Waals surface area contributed by atoms with Crippen LogP contribution in [0, 0.1) is 0 Å². The van der Waals surface area contributed by atoms with E-state index in [-0.39, 0.29) is 17.6 Å². The third kappa shape index (κ3) is 4.87. The van der Waals surface area contributed by atoms with Crippen molar-refractivity contribution < 1.29 is 4.79 Å². The summed E-state index contributed by atoms with van der Waals surface area (Å²) in [6.45, 7) is 0. The van der Waals surface area contributed by atoms with Crippen LogP contribution >= 0.6 is 34.7 Å². The van der Waals surface area contributed by atoms with Gasteiger partial charge >= 0.3 is 0 Å². The Hall–Kier alpha value is -3.15. The number of benzene rings is 2. The summed E-state index contributed by atoms with van der Waals surface area (Å²) in [5.41, 5.74) is 4.38. The van der Waals surface area contributed by atoms with Crippen molar-refractivity contribution in [1.82, 2.24) is 19.9 Å². The number of thiazole rings is 1. The summed E-state index contributed by atoms with van der Waals surface area (Å²) in [6.07, 6.45) is 1.58. The van der Waals surface area contributed by atoms with Gasteiger partial charge < -0.3 is 11.2 Å². The van der Waals surface area contributed by atoms with E-state index < -0.39 is 0 Å². The molecule has 9 nitrogen and oxygen atoms in total. The number of amides is 1. The van der Waals surface area contributed by atoms with Crippen LogP contribution in [-0.2, 0) is 4.79 Å². The number of rotatable bonds is 7. The Morgan fingerprint density at radius 1 is 1.27 bits per heavy atom. The number of nitrogens with one attached hydrogen (secondary N) is 2. The number of carbonyl (C=O) groups excluding carboxylic acids is 1. The summed E-state index contributed by atoms with van der Waals surface area (Å²) in [6, 6.07) is 14.9. The average molecular weight is 459 g/mol. The summed E-state index contributed by atoms with van der Waals surface area (Å²) in [5, 5.41) is 16.3. The van der Waals surface area contributed by atoms with Crippen molar-refractivity contribution in [2.75, 3.05) is 22.3 Å². The molecule has 4 aromatic rings. The quantitative estimate of drug-likeness (QED) is 0.168. The molecule has 12 heteroatoms. The molecule has 2 aromatic carbocycles. The first-order valence-electron chi connectivity index (χ1n) is 8.62. The number of hydrogen-bond acceptors (Lipinski definition) is 9. The zero-order chi connectivity index (χ0) is 20.9. The second-order valence-corrected chi connectivity index (χ2v) is 8.33. The Bertz CT molecular complexity index is 1190. The van der Waals surface area contributed by atoms with E-state index in [2.05, 4.69) is 31.0 Å². The number of anilines is 2. The minimum absolute atomic E-state index is 0.108. The van der Waals surface area contributed by atoms with Gasteiger partial charge in [-0.15, -0.1) is 10.2 Å². The number of nitrogens with zero attached hydrogens (tertiary/aromatic N) is 5. The minimum atomic E-state index is -0.212. The van der Waals surface area contributed by atoms with Gasteiger partial charge in [-0.1, -0.05) is 59.0 Å². The Balaban J connectivity index is 1.31. The van der Waals surface area contributed by atoms with E-state index in [0.29, 0.717) is 15.3 Å². The van der Waals surface area contributed by atoms with Gasteiger partial charge in [0.15, 0.2) is 5.13 Å². The lowest BCUT2D eigenvalue weighted by atomic mass is 10.2. The third-order valence-electron chi connectivity index (χ3n) is 3.76. The van der Waals surface area contributed by atoms with Gasteiger partial charge in [0, 0.05) is 5.02 Å². The fraction of sp³-hybridized carbons (Fsp3) is 0.0556. The maximum atomic E-state index is 12.2. The van der Waals surface area contributed by atoms with Crippen molar-refractivity contribution in [2.45, 2.75) is 5.16 Å². The van der Waals surface area contributed by atoms with Gasteiger partial charge in [0.2, 0.25) is 11.1 Å². The summed E-state index contributed by atoms with van der Waals surface area (Å²) >= 11 is 8.51. The zero-order valence-electron chi connectivity index (χ0n) is 15.3. The summed E-state index contributed by atoms with van der Waals surface area (Å²) < 4.78 is 2.24. The van der Waals surface area contributed by atoms with Crippen LogP contribution in [0.4, 0.5) is 11.1 Å². The van der Waals surface area contributed by atoms with Crippen LogP contribution in [0.5, 0.6) is 0 Å². The minimum Gasteiger partial charge on any atom is -0.334 e. The van der Waals surface area contributed by atoms with E-state index in [1.54, 1.807) is 18.3 Å². The summed E-state index contributed by atoms with van der Waals surface area (Å²) in [4.78, 5) is 16.6. The Morgan fingerprint density at radius 3 is 2.97 bits per heavy atom. The predicted molar refractivity (Wildman–Crippen MR) is 122 cm³/mol. The predicted octanol–water partition coefficient (Wildman–Crippen LogP) is 3.43. The lowest BCUT2D eigenvalue weighted by Gasteiger charge is -2.03. The third-order valence-corrected chi connectivity index (χ3v) is 5.89. The van der Waals surface area contributed by atoms with Crippen LogP contribution in [0.1, 0.15) is 5.56 Å². The topological polar surface area (TPSA) is 123 Å². The zero-order valence-corrected chi connectivity index (χ0v) is 17.7. The molecule has 0 aliphatic rings. The average Bonchev–Trinajstić information content (AvgIpc) is 3.29. The normalized spacial score (nSPS) is 11.2. The number of para-hydroxylation sites is 1. The summed E-state index contributed by atoms with van der Waals surface area (Å²) in [5.74, 6) is 6.10. The van der Waals surface area contributed by atoms with Crippen molar-refractivity contribution in [3.8, 4) is 0 Å². The molecule has 0 atom stereocenters. The number of nitrogens with two attached hydrogens (primary N) is 1. The molecule has 0 unspecified atom stereocenters. The van der Waals surface area contributed by atoms with Crippen molar-refractivity contribution in [3.63, 3.8) is 0 Å². The fourth-order valence-corrected chi connectivity index (χ4v) is 4.15. The fourth-order valence-electron chi connectivity index (χ4n) is 2.41. The van der Waals surface area contributed by atoms with Crippen LogP contribution in [0.15, 0.2) is 58.8 Å². The number of nitrogen functional groups attached to an aromatic ring is 1. The van der Waals surface area contributed by atoms with E-state index in [1.165, 1.54) is 16.0 Å². The van der Waals surface area contributed by atoms with Gasteiger partial charge in [-0.3, -0.25) is 4.79 Å². The molecular weight excluding hydrogens is 444 g/mol. The molecule has 30 heavy (non-hydrogen) atoms. The van der Waals surface area contributed by atoms with Crippen molar-refractivity contribution in [2.24, 2.45) is 5.10 Å². The van der Waals surface area contributed by atoms with Crippen LogP contribution in [-0.4, -0.2) is 37.7 Å². The second-order valence-electron chi connectivity index (χ2n) is 5.92. The molecule has 0 bridgehead atoms. The van der Waals surface area contributed by atoms with Gasteiger partial charge in [0.25, 0.3) is 5.95 Å². The van der Waals surface area contributed by atoms with Gasteiger partial charge in [0.1, 0.15) is 0 Å². The maximum absolute atomic E-state index is 12.2. The van der Waals surface area contributed by atoms with E-state index in [1.807, 2.05) is 36.4 Å². The Morgan fingerprint density at radius 2 is 2.13 bits per heavy atom. The molecule has 0 saturated carbocycles. The lowest BCUT2D eigenvalue weighted by molar-refractivity contribution is -0.113. The first-order chi connectivity index (χ1) is 14.6. The van der Waals surface area contributed by atoms with Gasteiger partial charge in [0.05, 0.1) is 22.2 Å². The largest absolute Gasteiger partial charge is 0.334 e. The molecule has 152 valence electrons. The van der Waals surface area contributed by atoms with Crippen LogP contribution < -0.4 is 16.6 Å². The number of thioether (sulfide) groups is 1. The smallest absolute Gasteiger partial charge is 0.264 e. The molecule has 4 N–H and O–H groups in total. The van der Waals surface area contributed by atoms with Crippen LogP contribution in [0.3, 0.4) is 0 Å². The first kappa shape index (κ1) is 20.1. The molecule has 0 aliphatic heterocycles. The van der Waals surface area contributed by atoms with E-state index in [4.69, 9.17) is 17.4 Å². The molecule has 4 rings (SSSR count). The number of hydrazone groups is 1. The molecular formula is C18H15ClN8OS2. The highest BCUT2D eigenvalue weighted by Crippen LogP contribution is 2.25. The van der Waals surface area contributed by atoms with E-state index in [0.717, 1.165) is 27.5 Å². The molecule has 0 fully saturated rings.